The number of aryl methyl sites for hydroxylation is 1. The van der Waals surface area contributed by atoms with Gasteiger partial charge in [0, 0.05) is 23.9 Å². The molecule has 10 heteroatoms. The minimum absolute atomic E-state index is 0. The molecule has 0 saturated heterocycles. The monoisotopic (exact) mass is 566 g/mol. The largest absolute Gasteiger partial charge is 0.496 e. The molecule has 0 aliphatic rings. The van der Waals surface area contributed by atoms with Gasteiger partial charge in [-0.15, -0.1) is 24.0 Å². The lowest BCUT2D eigenvalue weighted by atomic mass is 10.1. The fourth-order valence-electron chi connectivity index (χ4n) is 2.95. The molecule has 1 heterocycles. The molecule has 2 aromatic rings. The fourth-order valence-corrected chi connectivity index (χ4v) is 2.95. The van der Waals surface area contributed by atoms with Crippen LogP contribution in [0, 0.1) is 13.8 Å². The lowest BCUT2D eigenvalue weighted by molar-refractivity contribution is -0.176. The van der Waals surface area contributed by atoms with Crippen molar-refractivity contribution in [1.29, 1.82) is 0 Å². The minimum atomic E-state index is -4.32. The predicted molar refractivity (Wildman–Crippen MR) is 129 cm³/mol. The second kappa shape index (κ2) is 13.5. The van der Waals surface area contributed by atoms with E-state index in [1.165, 1.54) is 0 Å². The molecule has 0 bridgehead atoms. The number of guanidine groups is 1. The van der Waals surface area contributed by atoms with Crippen molar-refractivity contribution in [3.05, 3.63) is 58.4 Å². The second-order valence-electron chi connectivity index (χ2n) is 7.02. The van der Waals surface area contributed by atoms with Gasteiger partial charge in [-0.05, 0) is 31.9 Å². The molecule has 178 valence electrons. The second-order valence-corrected chi connectivity index (χ2v) is 7.02. The Kier molecular flexibility index (Phi) is 11.8. The molecule has 2 N–H and O–H groups in total. The molecule has 2 rings (SSSR count). The SMILES string of the molecule is CCNC(=NCc1ccc(COCC(F)(F)F)cc1)NCc1ncc(C)c(OC)c1C.I. The molecule has 0 aliphatic heterocycles. The molecular formula is C22H30F3IN4O2. The Labute approximate surface area is 204 Å². The number of nitrogens with one attached hydrogen (secondary N) is 2. The number of alkyl halides is 3. The van der Waals surface area contributed by atoms with E-state index in [-0.39, 0.29) is 30.6 Å². The van der Waals surface area contributed by atoms with E-state index in [1.807, 2.05) is 32.9 Å². The van der Waals surface area contributed by atoms with Crippen LogP contribution in [0.5, 0.6) is 5.75 Å². The van der Waals surface area contributed by atoms with Crippen LogP contribution < -0.4 is 15.4 Å². The number of ether oxygens (including phenoxy) is 2. The van der Waals surface area contributed by atoms with Crippen molar-refractivity contribution in [2.24, 2.45) is 4.99 Å². The standard InChI is InChI=1S/C22H29F3N4O2.HI/c1-5-26-21(29-12-19-16(3)20(30-4)15(2)10-27-19)28-11-17-6-8-18(9-7-17)13-31-14-22(23,24)25;/h6-10H,5,11-14H2,1-4H3,(H2,26,28,29);1H. The van der Waals surface area contributed by atoms with Crippen molar-refractivity contribution in [2.75, 3.05) is 20.3 Å². The summed E-state index contributed by atoms with van der Waals surface area (Å²) in [6, 6.07) is 7.15. The van der Waals surface area contributed by atoms with E-state index >= 15 is 0 Å². The Morgan fingerprint density at radius 3 is 2.34 bits per heavy atom. The van der Waals surface area contributed by atoms with Gasteiger partial charge in [0.05, 0.1) is 32.5 Å². The zero-order chi connectivity index (χ0) is 22.9. The lowest BCUT2D eigenvalue weighted by Crippen LogP contribution is -2.37. The quantitative estimate of drug-likeness (QED) is 0.263. The lowest BCUT2D eigenvalue weighted by Gasteiger charge is -2.15. The molecule has 0 saturated carbocycles. The van der Waals surface area contributed by atoms with E-state index in [1.54, 1.807) is 25.4 Å². The number of nitrogens with zero attached hydrogens (tertiary/aromatic N) is 2. The van der Waals surface area contributed by atoms with E-state index in [0.29, 0.717) is 31.2 Å². The van der Waals surface area contributed by atoms with Gasteiger partial charge in [0.25, 0.3) is 0 Å². The summed E-state index contributed by atoms with van der Waals surface area (Å²) in [6.45, 7) is 6.18. The third kappa shape index (κ3) is 9.19. The van der Waals surface area contributed by atoms with Crippen LogP contribution in [0.1, 0.15) is 34.9 Å². The van der Waals surface area contributed by atoms with Crippen LogP contribution in [0.4, 0.5) is 13.2 Å². The Morgan fingerprint density at radius 1 is 1.09 bits per heavy atom. The molecule has 6 nitrogen and oxygen atoms in total. The molecule has 0 radical (unpaired) electrons. The van der Waals surface area contributed by atoms with Gasteiger partial charge in [-0.1, -0.05) is 24.3 Å². The molecule has 0 spiro atoms. The highest BCUT2D eigenvalue weighted by Crippen LogP contribution is 2.23. The molecular weight excluding hydrogens is 536 g/mol. The Bertz CT molecular complexity index is 875. The van der Waals surface area contributed by atoms with Crippen LogP contribution in [0.25, 0.3) is 0 Å². The van der Waals surface area contributed by atoms with Crippen LogP contribution in [0.2, 0.25) is 0 Å². The van der Waals surface area contributed by atoms with Crippen molar-refractivity contribution < 1.29 is 22.6 Å². The summed E-state index contributed by atoms with van der Waals surface area (Å²) in [5, 5.41) is 6.46. The predicted octanol–water partition coefficient (Wildman–Crippen LogP) is 4.66. The summed E-state index contributed by atoms with van der Waals surface area (Å²) >= 11 is 0. The van der Waals surface area contributed by atoms with Crippen LogP contribution >= 0.6 is 24.0 Å². The zero-order valence-electron chi connectivity index (χ0n) is 18.7. The van der Waals surface area contributed by atoms with Gasteiger partial charge in [-0.2, -0.15) is 13.2 Å². The molecule has 0 amide bonds. The van der Waals surface area contributed by atoms with E-state index in [2.05, 4.69) is 25.3 Å². The molecule has 1 aromatic carbocycles. The zero-order valence-corrected chi connectivity index (χ0v) is 21.0. The average Bonchev–Trinajstić information content (AvgIpc) is 2.71. The molecule has 0 atom stereocenters. The summed E-state index contributed by atoms with van der Waals surface area (Å²) in [5.41, 5.74) is 4.45. The topological polar surface area (TPSA) is 67.8 Å². The van der Waals surface area contributed by atoms with Crippen LogP contribution in [0.3, 0.4) is 0 Å². The maximum atomic E-state index is 12.1. The summed E-state index contributed by atoms with van der Waals surface area (Å²) < 4.78 is 46.6. The molecule has 0 fully saturated rings. The summed E-state index contributed by atoms with van der Waals surface area (Å²) in [4.78, 5) is 9.05. The average molecular weight is 566 g/mol. The Balaban J connectivity index is 0.00000512. The van der Waals surface area contributed by atoms with Crippen molar-refractivity contribution in [1.82, 2.24) is 15.6 Å². The maximum absolute atomic E-state index is 12.1. The third-order valence-electron chi connectivity index (χ3n) is 4.49. The van der Waals surface area contributed by atoms with E-state index in [9.17, 15) is 13.2 Å². The Morgan fingerprint density at radius 2 is 1.75 bits per heavy atom. The highest BCUT2D eigenvalue weighted by atomic mass is 127. The molecule has 1 aromatic heterocycles. The highest BCUT2D eigenvalue weighted by molar-refractivity contribution is 14.0. The number of halogens is 4. The van der Waals surface area contributed by atoms with Crippen LogP contribution in [-0.4, -0.2) is 37.4 Å². The number of methoxy groups -OCH3 is 1. The van der Waals surface area contributed by atoms with Crippen molar-refractivity contribution in [3.63, 3.8) is 0 Å². The number of aromatic nitrogens is 1. The van der Waals surface area contributed by atoms with Gasteiger partial charge in [-0.25, -0.2) is 4.99 Å². The van der Waals surface area contributed by atoms with Crippen molar-refractivity contribution in [2.45, 2.75) is 46.6 Å². The van der Waals surface area contributed by atoms with Crippen molar-refractivity contribution in [3.8, 4) is 5.75 Å². The van der Waals surface area contributed by atoms with Crippen LogP contribution in [-0.2, 0) is 24.4 Å². The third-order valence-corrected chi connectivity index (χ3v) is 4.49. The van der Waals surface area contributed by atoms with E-state index in [4.69, 9.17) is 4.74 Å². The normalized spacial score (nSPS) is 11.7. The number of pyridine rings is 1. The van der Waals surface area contributed by atoms with Gasteiger partial charge in [0.1, 0.15) is 12.4 Å². The first-order valence-electron chi connectivity index (χ1n) is 9.97. The van der Waals surface area contributed by atoms with Gasteiger partial charge >= 0.3 is 6.18 Å². The van der Waals surface area contributed by atoms with Gasteiger partial charge in [0.2, 0.25) is 0 Å². The first-order valence-corrected chi connectivity index (χ1v) is 9.97. The van der Waals surface area contributed by atoms with Gasteiger partial charge in [-0.3, -0.25) is 4.98 Å². The number of aliphatic imine (C=N–C) groups is 1. The highest BCUT2D eigenvalue weighted by Gasteiger charge is 2.27. The minimum Gasteiger partial charge on any atom is -0.496 e. The van der Waals surface area contributed by atoms with Gasteiger partial charge in [0.15, 0.2) is 5.96 Å². The van der Waals surface area contributed by atoms with Crippen molar-refractivity contribution >= 4 is 29.9 Å². The maximum Gasteiger partial charge on any atom is 0.411 e. The number of rotatable bonds is 9. The molecule has 0 aliphatic carbocycles. The molecule has 0 unspecified atom stereocenters. The first-order chi connectivity index (χ1) is 14.7. The number of hydrogen-bond donors (Lipinski definition) is 2. The van der Waals surface area contributed by atoms with Gasteiger partial charge < -0.3 is 20.1 Å². The van der Waals surface area contributed by atoms with Crippen LogP contribution in [0.15, 0.2) is 35.5 Å². The smallest absolute Gasteiger partial charge is 0.411 e. The Hall–Kier alpha value is -2.08. The van der Waals surface area contributed by atoms with E-state index in [0.717, 1.165) is 28.1 Å². The number of benzene rings is 1. The fraction of sp³-hybridized carbons (Fsp3) is 0.455. The first kappa shape index (κ1) is 28.0. The summed E-state index contributed by atoms with van der Waals surface area (Å²) in [6.07, 6.45) is -2.53. The van der Waals surface area contributed by atoms with E-state index < -0.39 is 12.8 Å². The molecule has 32 heavy (non-hydrogen) atoms. The summed E-state index contributed by atoms with van der Waals surface area (Å²) in [7, 11) is 1.64. The summed E-state index contributed by atoms with van der Waals surface area (Å²) in [5.74, 6) is 1.47. The number of hydrogen-bond acceptors (Lipinski definition) is 4.